The third-order valence-corrected chi connectivity index (χ3v) is 4.68. The fourth-order valence-corrected chi connectivity index (χ4v) is 4.29. The molecule has 2 aliphatic rings. The fraction of sp³-hybridized carbons (Fsp3) is 0.750. The molecule has 0 aromatic carbocycles. The number of carbonyl (C=O) groups is 2. The van der Waals surface area contributed by atoms with Crippen LogP contribution in [0.15, 0.2) is 5.10 Å². The largest absolute Gasteiger partial charge is 0.304 e. The molecule has 2 rings (SSSR count). The number of amides is 2. The second-order valence-electron chi connectivity index (χ2n) is 5.17. The molecule has 1 aliphatic heterocycles. The van der Waals surface area contributed by atoms with Crippen molar-refractivity contribution in [2.75, 3.05) is 0 Å². The van der Waals surface area contributed by atoms with E-state index < -0.39 is 0 Å². The average Bonchev–Trinajstić information content (AvgIpc) is 2.55. The number of nitrogens with one attached hydrogen (secondary N) is 1. The second-order valence-corrected chi connectivity index (χ2v) is 6.52. The normalized spacial score (nSPS) is 31.4. The van der Waals surface area contributed by atoms with E-state index in [1.807, 2.05) is 0 Å². The van der Waals surface area contributed by atoms with E-state index in [-0.39, 0.29) is 16.7 Å². The highest BCUT2D eigenvalue weighted by Crippen LogP contribution is 2.48. The van der Waals surface area contributed by atoms with Crippen LogP contribution in [0.5, 0.6) is 0 Å². The van der Waals surface area contributed by atoms with Crippen LogP contribution < -0.4 is 5.32 Å². The van der Waals surface area contributed by atoms with Crippen LogP contribution in [0.3, 0.4) is 0 Å². The summed E-state index contributed by atoms with van der Waals surface area (Å²) in [5.41, 5.74) is 0. The molecule has 0 radical (unpaired) electrons. The van der Waals surface area contributed by atoms with E-state index in [1.54, 1.807) is 5.01 Å². The Labute approximate surface area is 111 Å². The summed E-state index contributed by atoms with van der Waals surface area (Å²) in [5, 5.41) is 9.08. The number of thioether (sulfide) groups is 1. The Balaban J connectivity index is 2.21. The Morgan fingerprint density at radius 3 is 2.78 bits per heavy atom. The minimum atomic E-state index is -0.277. The van der Waals surface area contributed by atoms with Crippen molar-refractivity contribution in [2.45, 2.75) is 51.3 Å². The van der Waals surface area contributed by atoms with Crippen molar-refractivity contribution < 1.29 is 9.59 Å². The Hall–Kier alpha value is -1.04. The van der Waals surface area contributed by atoms with Crippen LogP contribution in [-0.2, 0) is 9.59 Å². The highest BCUT2D eigenvalue weighted by Gasteiger charge is 2.48. The summed E-state index contributed by atoms with van der Waals surface area (Å²) in [7, 11) is 0. The molecule has 18 heavy (non-hydrogen) atoms. The van der Waals surface area contributed by atoms with Crippen molar-refractivity contribution in [1.82, 2.24) is 10.3 Å². The third kappa shape index (κ3) is 2.53. The molecule has 2 amide bonds. The summed E-state index contributed by atoms with van der Waals surface area (Å²) in [4.78, 5) is 22.6. The molecule has 1 saturated carbocycles. The highest BCUT2D eigenvalue weighted by molar-refractivity contribution is 8.15. The van der Waals surface area contributed by atoms with Crippen LogP contribution >= 0.6 is 11.8 Å². The Morgan fingerprint density at radius 1 is 1.50 bits per heavy atom. The molecule has 0 aromatic rings. The summed E-state index contributed by atoms with van der Waals surface area (Å²) in [6.45, 7) is 5.19. The first kappa shape index (κ1) is 13.4. The van der Waals surface area contributed by atoms with Crippen molar-refractivity contribution >= 4 is 28.7 Å². The maximum absolute atomic E-state index is 11.8. The topological polar surface area (TPSA) is 61.8 Å². The molecule has 0 bridgehead atoms. The fourth-order valence-electron chi connectivity index (χ4n) is 2.74. The number of hydrogen-bond donors (Lipinski definition) is 1. The molecule has 1 aliphatic carbocycles. The zero-order valence-corrected chi connectivity index (χ0v) is 11.8. The van der Waals surface area contributed by atoms with Crippen molar-refractivity contribution in [1.29, 1.82) is 0 Å². The van der Waals surface area contributed by atoms with E-state index in [0.717, 1.165) is 19.3 Å². The van der Waals surface area contributed by atoms with Crippen LogP contribution in [0.1, 0.15) is 46.5 Å². The van der Waals surface area contributed by atoms with E-state index in [1.165, 1.54) is 32.0 Å². The lowest BCUT2D eigenvalue weighted by molar-refractivity contribution is -0.133. The van der Waals surface area contributed by atoms with Gasteiger partial charge < -0.3 is 5.32 Å². The summed E-state index contributed by atoms with van der Waals surface area (Å²) in [6, 6.07) is 0. The molecule has 5 nitrogen and oxygen atoms in total. The van der Waals surface area contributed by atoms with E-state index in [9.17, 15) is 9.59 Å². The van der Waals surface area contributed by atoms with Gasteiger partial charge in [0.25, 0.3) is 0 Å². The number of rotatable bonds is 0. The van der Waals surface area contributed by atoms with Crippen LogP contribution in [-0.4, -0.2) is 26.9 Å². The van der Waals surface area contributed by atoms with Gasteiger partial charge in [-0.05, 0) is 25.2 Å². The lowest BCUT2D eigenvalue weighted by atomic mass is 9.86. The average molecular weight is 269 g/mol. The van der Waals surface area contributed by atoms with E-state index in [4.69, 9.17) is 0 Å². The predicted molar refractivity (Wildman–Crippen MR) is 71.7 cm³/mol. The van der Waals surface area contributed by atoms with E-state index in [2.05, 4.69) is 17.3 Å². The second kappa shape index (κ2) is 4.91. The number of amidine groups is 1. The molecule has 1 fully saturated rings. The lowest BCUT2D eigenvalue weighted by Gasteiger charge is -2.40. The van der Waals surface area contributed by atoms with Crippen LogP contribution in [0, 0.1) is 5.92 Å². The molecule has 0 unspecified atom stereocenters. The first-order valence-corrected chi connectivity index (χ1v) is 7.10. The van der Waals surface area contributed by atoms with Gasteiger partial charge in [-0.1, -0.05) is 25.1 Å². The Kier molecular flexibility index (Phi) is 3.66. The third-order valence-electron chi connectivity index (χ3n) is 3.38. The maximum Gasteiger partial charge on any atom is 0.240 e. The molecule has 100 valence electrons. The van der Waals surface area contributed by atoms with Gasteiger partial charge in [0.2, 0.25) is 11.8 Å². The number of hydrazone groups is 1. The number of nitrogens with zero attached hydrogens (tertiary/aromatic N) is 2. The van der Waals surface area contributed by atoms with Crippen LogP contribution in [0.25, 0.3) is 0 Å². The molecular formula is C12H19N3O2S. The van der Waals surface area contributed by atoms with Crippen LogP contribution in [0.2, 0.25) is 0 Å². The zero-order valence-electron chi connectivity index (χ0n) is 11.0. The molecule has 1 spiro atoms. The van der Waals surface area contributed by atoms with Crippen molar-refractivity contribution in [3.63, 3.8) is 0 Å². The van der Waals surface area contributed by atoms with Gasteiger partial charge in [-0.3, -0.25) is 9.59 Å². The summed E-state index contributed by atoms with van der Waals surface area (Å²) in [6.07, 6.45) is 4.17. The first-order valence-electron chi connectivity index (χ1n) is 6.29. The molecule has 1 heterocycles. The zero-order chi connectivity index (χ0) is 13.3. The quantitative estimate of drug-likeness (QED) is 0.730. The monoisotopic (exact) mass is 269 g/mol. The standard InChI is InChI=1S/C12H19N3O2S/c1-8-5-4-6-12(7-8)15(10(3)17)14-11(18-12)13-9(2)16/h8H,4-7H2,1-3H3,(H,13,14,16)/t8-,12-/m0/s1. The number of carbonyl (C=O) groups excluding carboxylic acids is 2. The molecule has 0 saturated heterocycles. The molecule has 2 atom stereocenters. The minimum Gasteiger partial charge on any atom is -0.304 e. The predicted octanol–water partition coefficient (Wildman–Crippen LogP) is 1.90. The van der Waals surface area contributed by atoms with Gasteiger partial charge in [0.15, 0.2) is 5.17 Å². The highest BCUT2D eigenvalue weighted by atomic mass is 32.2. The van der Waals surface area contributed by atoms with Gasteiger partial charge in [-0.15, -0.1) is 5.10 Å². The van der Waals surface area contributed by atoms with Crippen LogP contribution in [0.4, 0.5) is 0 Å². The summed E-state index contributed by atoms with van der Waals surface area (Å²) < 4.78 is 0. The van der Waals surface area contributed by atoms with Gasteiger partial charge in [-0.2, -0.15) is 0 Å². The smallest absolute Gasteiger partial charge is 0.240 e. The Bertz CT molecular complexity index is 410. The molecule has 6 heteroatoms. The summed E-state index contributed by atoms with van der Waals surface area (Å²) in [5.74, 6) is 0.377. The lowest BCUT2D eigenvalue weighted by Crippen LogP contribution is -2.45. The van der Waals surface area contributed by atoms with Gasteiger partial charge in [-0.25, -0.2) is 5.01 Å². The molecule has 0 aromatic heterocycles. The first-order chi connectivity index (χ1) is 8.43. The minimum absolute atomic E-state index is 0.0584. The van der Waals surface area contributed by atoms with Crippen molar-refractivity contribution in [3.05, 3.63) is 0 Å². The summed E-state index contributed by atoms with van der Waals surface area (Å²) >= 11 is 1.53. The van der Waals surface area contributed by atoms with Gasteiger partial charge in [0.1, 0.15) is 4.87 Å². The van der Waals surface area contributed by atoms with Gasteiger partial charge >= 0.3 is 0 Å². The van der Waals surface area contributed by atoms with Gasteiger partial charge in [0, 0.05) is 13.8 Å². The van der Waals surface area contributed by atoms with E-state index in [0.29, 0.717) is 11.1 Å². The SMILES string of the molecule is CC(=O)NC1=NN(C(C)=O)[C@@]2(CCC[C@H](C)C2)S1. The van der Waals surface area contributed by atoms with Crippen molar-refractivity contribution in [3.8, 4) is 0 Å². The van der Waals surface area contributed by atoms with E-state index >= 15 is 0 Å². The molecular weight excluding hydrogens is 250 g/mol. The maximum atomic E-state index is 11.8. The van der Waals surface area contributed by atoms with Crippen molar-refractivity contribution in [2.24, 2.45) is 11.0 Å². The Morgan fingerprint density at radius 2 is 2.22 bits per heavy atom. The number of hydrogen-bond acceptors (Lipinski definition) is 4. The van der Waals surface area contributed by atoms with Gasteiger partial charge in [0.05, 0.1) is 0 Å². The molecule has 1 N–H and O–H groups in total.